The van der Waals surface area contributed by atoms with Crippen molar-refractivity contribution in [3.8, 4) is 5.75 Å². The Morgan fingerprint density at radius 1 is 0.935 bits per heavy atom. The number of benzene rings is 3. The van der Waals surface area contributed by atoms with Gasteiger partial charge in [0.1, 0.15) is 5.75 Å². The highest BCUT2D eigenvalue weighted by molar-refractivity contribution is 5.81. The molecule has 31 heavy (non-hydrogen) atoms. The normalized spacial score (nSPS) is 21.0. The van der Waals surface area contributed by atoms with Gasteiger partial charge in [0, 0.05) is 6.04 Å². The maximum Gasteiger partial charge on any atom is 0.314 e. The summed E-state index contributed by atoms with van der Waals surface area (Å²) in [5.74, 6) is -0.0477. The average Bonchev–Trinajstić information content (AvgIpc) is 2.84. The molecule has 0 aliphatic heterocycles. The van der Waals surface area contributed by atoms with Gasteiger partial charge in [0.05, 0.1) is 18.6 Å². The molecule has 1 saturated carbocycles. The third-order valence-electron chi connectivity index (χ3n) is 6.54. The molecule has 1 aliphatic carbocycles. The van der Waals surface area contributed by atoms with Gasteiger partial charge in [-0.05, 0) is 54.5 Å². The van der Waals surface area contributed by atoms with E-state index in [2.05, 4.69) is 53.8 Å². The summed E-state index contributed by atoms with van der Waals surface area (Å²) in [5, 5.41) is 14.0. The molecular formula is C27H29NO3. The lowest BCUT2D eigenvalue weighted by molar-refractivity contribution is -0.145. The Bertz CT molecular complexity index is 956. The monoisotopic (exact) mass is 415 g/mol. The molecule has 0 amide bonds. The van der Waals surface area contributed by atoms with Crippen LogP contribution in [0.25, 0.3) is 0 Å². The van der Waals surface area contributed by atoms with Crippen molar-refractivity contribution in [2.75, 3.05) is 7.11 Å². The van der Waals surface area contributed by atoms with Gasteiger partial charge in [0.2, 0.25) is 0 Å². The molecule has 0 spiro atoms. The highest BCUT2D eigenvalue weighted by Gasteiger charge is 2.44. The van der Waals surface area contributed by atoms with Crippen LogP contribution < -0.4 is 10.1 Å². The summed E-state index contributed by atoms with van der Waals surface area (Å²) < 4.78 is 5.34. The van der Waals surface area contributed by atoms with E-state index in [9.17, 15) is 9.90 Å². The number of ether oxygens (including phenoxy) is 1. The largest absolute Gasteiger partial charge is 0.497 e. The second-order valence-electron chi connectivity index (χ2n) is 8.31. The van der Waals surface area contributed by atoms with Gasteiger partial charge < -0.3 is 15.2 Å². The van der Waals surface area contributed by atoms with Gasteiger partial charge in [-0.2, -0.15) is 0 Å². The minimum absolute atomic E-state index is 0.0848. The number of rotatable bonds is 7. The van der Waals surface area contributed by atoms with Gasteiger partial charge in [0.25, 0.3) is 0 Å². The Kier molecular flexibility index (Phi) is 6.38. The van der Waals surface area contributed by atoms with Crippen LogP contribution in [0.5, 0.6) is 5.75 Å². The molecule has 0 aromatic heterocycles. The molecule has 3 aromatic carbocycles. The topological polar surface area (TPSA) is 58.6 Å². The van der Waals surface area contributed by atoms with Gasteiger partial charge >= 0.3 is 5.97 Å². The average molecular weight is 416 g/mol. The van der Waals surface area contributed by atoms with Crippen LogP contribution in [-0.2, 0) is 10.2 Å². The van der Waals surface area contributed by atoms with Crippen LogP contribution in [0.2, 0.25) is 0 Å². The molecule has 0 unspecified atom stereocenters. The summed E-state index contributed by atoms with van der Waals surface area (Å²) in [6, 6.07) is 28.7. The van der Waals surface area contributed by atoms with E-state index >= 15 is 0 Å². The maximum atomic E-state index is 12.4. The van der Waals surface area contributed by atoms with Crippen LogP contribution in [-0.4, -0.2) is 24.2 Å². The zero-order valence-electron chi connectivity index (χ0n) is 17.8. The van der Waals surface area contributed by atoms with Crippen molar-refractivity contribution in [1.29, 1.82) is 0 Å². The lowest BCUT2D eigenvalue weighted by Gasteiger charge is -2.39. The van der Waals surface area contributed by atoms with Crippen molar-refractivity contribution in [3.05, 3.63) is 102 Å². The lowest BCUT2D eigenvalue weighted by atomic mass is 9.68. The van der Waals surface area contributed by atoms with Gasteiger partial charge in [-0.3, -0.25) is 4.79 Å². The van der Waals surface area contributed by atoms with Gasteiger partial charge in [0.15, 0.2) is 0 Å². The Morgan fingerprint density at radius 3 is 2.03 bits per heavy atom. The number of aliphatic carboxylic acids is 1. The van der Waals surface area contributed by atoms with E-state index in [4.69, 9.17) is 4.74 Å². The predicted octanol–water partition coefficient (Wildman–Crippen LogP) is 5.34. The number of nitrogens with one attached hydrogen (secondary N) is 1. The molecule has 2 N–H and O–H groups in total. The van der Waals surface area contributed by atoms with Crippen LogP contribution in [0.4, 0.5) is 0 Å². The number of carboxylic acid groups (broad SMARTS) is 1. The highest BCUT2D eigenvalue weighted by Crippen LogP contribution is 2.41. The van der Waals surface area contributed by atoms with Crippen LogP contribution >= 0.6 is 0 Å². The minimum Gasteiger partial charge on any atom is -0.497 e. The molecule has 0 atom stereocenters. The minimum atomic E-state index is -0.859. The Balaban J connectivity index is 1.54. The number of hydrogen-bond donors (Lipinski definition) is 2. The van der Waals surface area contributed by atoms with E-state index in [0.29, 0.717) is 18.6 Å². The standard InChI is InChI=1S/C27H29NO3/c1-31-24-14-8-13-22(19-24)27(26(29)30)17-15-23(16-18-27)28-25(20-9-4-2-5-10-20)21-11-6-3-7-12-21/h2-14,19,23,25,28H,15-18H2,1H3,(H,29,30)/t23-,27+. The zero-order valence-corrected chi connectivity index (χ0v) is 17.8. The van der Waals surface area contributed by atoms with E-state index in [1.54, 1.807) is 7.11 Å². The van der Waals surface area contributed by atoms with Crippen LogP contribution in [0.1, 0.15) is 48.4 Å². The molecule has 0 saturated heterocycles. The molecule has 0 radical (unpaired) electrons. The quantitative estimate of drug-likeness (QED) is 0.547. The first-order valence-electron chi connectivity index (χ1n) is 10.9. The third kappa shape index (κ3) is 4.49. The molecule has 4 heteroatoms. The van der Waals surface area contributed by atoms with Crippen molar-refractivity contribution in [2.45, 2.75) is 43.2 Å². The molecule has 160 valence electrons. The van der Waals surface area contributed by atoms with E-state index in [1.807, 2.05) is 36.4 Å². The molecule has 0 heterocycles. The molecule has 1 fully saturated rings. The number of hydrogen-bond acceptors (Lipinski definition) is 3. The van der Waals surface area contributed by atoms with Crippen LogP contribution in [0, 0.1) is 0 Å². The van der Waals surface area contributed by atoms with Gasteiger partial charge in [-0.1, -0.05) is 72.8 Å². The summed E-state index contributed by atoms with van der Waals surface area (Å²) in [5.41, 5.74) is 2.41. The van der Waals surface area contributed by atoms with Crippen molar-refractivity contribution in [1.82, 2.24) is 5.32 Å². The number of methoxy groups -OCH3 is 1. The summed E-state index contributed by atoms with van der Waals surface area (Å²) >= 11 is 0. The summed E-state index contributed by atoms with van der Waals surface area (Å²) in [4.78, 5) is 12.4. The van der Waals surface area contributed by atoms with E-state index in [0.717, 1.165) is 18.4 Å². The SMILES string of the molecule is COc1cccc([C@]2(C(=O)O)CC[C@@H](NC(c3ccccc3)c3ccccc3)CC2)c1. The Hall–Kier alpha value is -3.11. The Morgan fingerprint density at radius 2 is 1.52 bits per heavy atom. The van der Waals surface area contributed by atoms with E-state index in [1.165, 1.54) is 11.1 Å². The Labute approximate surface area is 183 Å². The molecule has 1 aliphatic rings. The van der Waals surface area contributed by atoms with Gasteiger partial charge in [-0.15, -0.1) is 0 Å². The van der Waals surface area contributed by atoms with Gasteiger partial charge in [-0.25, -0.2) is 0 Å². The van der Waals surface area contributed by atoms with Crippen LogP contribution in [0.15, 0.2) is 84.9 Å². The number of carbonyl (C=O) groups is 1. The summed E-state index contributed by atoms with van der Waals surface area (Å²) in [7, 11) is 1.61. The van der Waals surface area contributed by atoms with Crippen LogP contribution in [0.3, 0.4) is 0 Å². The first-order chi connectivity index (χ1) is 15.1. The van der Waals surface area contributed by atoms with Crippen molar-refractivity contribution in [3.63, 3.8) is 0 Å². The summed E-state index contributed by atoms with van der Waals surface area (Å²) in [6.07, 6.45) is 2.81. The predicted molar refractivity (Wildman–Crippen MR) is 122 cm³/mol. The fourth-order valence-corrected chi connectivity index (χ4v) is 4.74. The first kappa shape index (κ1) is 21.1. The lowest BCUT2D eigenvalue weighted by Crippen LogP contribution is -2.45. The van der Waals surface area contributed by atoms with E-state index < -0.39 is 11.4 Å². The van der Waals surface area contributed by atoms with Crippen molar-refractivity contribution in [2.24, 2.45) is 0 Å². The number of carboxylic acids is 1. The zero-order chi connectivity index (χ0) is 21.7. The molecule has 4 nitrogen and oxygen atoms in total. The second kappa shape index (κ2) is 9.36. The van der Waals surface area contributed by atoms with Crippen molar-refractivity contribution < 1.29 is 14.6 Å². The fourth-order valence-electron chi connectivity index (χ4n) is 4.74. The molecular weight excluding hydrogens is 386 g/mol. The first-order valence-corrected chi connectivity index (χ1v) is 10.9. The van der Waals surface area contributed by atoms with E-state index in [-0.39, 0.29) is 12.1 Å². The molecule has 4 rings (SSSR count). The smallest absolute Gasteiger partial charge is 0.314 e. The fraction of sp³-hybridized carbons (Fsp3) is 0.296. The third-order valence-corrected chi connectivity index (χ3v) is 6.54. The maximum absolute atomic E-state index is 12.4. The highest BCUT2D eigenvalue weighted by atomic mass is 16.5. The van der Waals surface area contributed by atoms with Crippen molar-refractivity contribution >= 4 is 5.97 Å². The summed E-state index contributed by atoms with van der Waals surface area (Å²) in [6.45, 7) is 0. The second-order valence-corrected chi connectivity index (χ2v) is 8.31. The molecule has 3 aromatic rings. The molecule has 0 bridgehead atoms.